The van der Waals surface area contributed by atoms with Crippen molar-refractivity contribution in [3.05, 3.63) is 74.6 Å². The average Bonchev–Trinajstić information content (AvgIpc) is 2.65. The predicted octanol–water partition coefficient (Wildman–Crippen LogP) is 4.79. The lowest BCUT2D eigenvalue weighted by atomic mass is 10.1. The number of Topliss-reactive ketones (excluding diaryl/α,β-unsaturated/α-hetero) is 1. The molecule has 0 saturated heterocycles. The maximum absolute atomic E-state index is 12.6. The van der Waals surface area contributed by atoms with Crippen LogP contribution in [-0.2, 0) is 16.1 Å². The second kappa shape index (κ2) is 8.63. The van der Waals surface area contributed by atoms with Crippen molar-refractivity contribution in [3.8, 4) is 0 Å². The van der Waals surface area contributed by atoms with Gasteiger partial charge in [-0.05, 0) is 43.7 Å². The predicted molar refractivity (Wildman–Crippen MR) is 109 cm³/mol. The number of halogens is 1. The van der Waals surface area contributed by atoms with Gasteiger partial charge in [0.05, 0.1) is 11.3 Å². The number of rotatable bonds is 6. The van der Waals surface area contributed by atoms with Gasteiger partial charge in [0.1, 0.15) is 18.0 Å². The molecule has 0 aliphatic heterocycles. The molecule has 3 aromatic rings. The Morgan fingerprint density at radius 3 is 2.68 bits per heavy atom. The van der Waals surface area contributed by atoms with Gasteiger partial charge >= 0.3 is 11.6 Å². The quantitative estimate of drug-likeness (QED) is 0.326. The van der Waals surface area contributed by atoms with Gasteiger partial charge in [-0.25, -0.2) is 9.59 Å². The molecule has 0 radical (unpaired) electrons. The lowest BCUT2D eigenvalue weighted by molar-refractivity contribution is -0.114. The Labute approximate surface area is 170 Å². The molecule has 0 bridgehead atoms. The summed E-state index contributed by atoms with van der Waals surface area (Å²) in [6.45, 7) is 3.20. The number of ketones is 1. The van der Waals surface area contributed by atoms with Crippen LogP contribution in [0.5, 0.6) is 0 Å². The smallest absolute Gasteiger partial charge is 0.339 e. The monoisotopic (exact) mass is 416 g/mol. The zero-order valence-corrected chi connectivity index (χ0v) is 16.9. The van der Waals surface area contributed by atoms with Crippen molar-refractivity contribution in [2.45, 2.75) is 25.3 Å². The number of hydrogen-bond donors (Lipinski definition) is 0. The molecule has 1 aromatic heterocycles. The van der Waals surface area contributed by atoms with E-state index in [0.29, 0.717) is 32.0 Å². The fourth-order valence-corrected chi connectivity index (χ4v) is 3.63. The van der Waals surface area contributed by atoms with Gasteiger partial charge in [-0.1, -0.05) is 23.7 Å². The van der Waals surface area contributed by atoms with Crippen LogP contribution in [0.2, 0.25) is 5.02 Å². The van der Waals surface area contributed by atoms with Crippen molar-refractivity contribution in [2.24, 2.45) is 0 Å². The number of fused-ring (bicyclic) bond motifs is 1. The summed E-state index contributed by atoms with van der Waals surface area (Å²) in [4.78, 5) is 36.3. The second-order valence-corrected chi connectivity index (χ2v) is 7.68. The summed E-state index contributed by atoms with van der Waals surface area (Å²) in [6, 6.07) is 11.6. The standard InChI is InChI=1S/C21H17ClO5S/c1-12-7-18-16(9-17(12)22)14(8-20(24)27-18)10-26-21(25)15-5-3-4-6-19(15)28-11-13(2)23/h3-9H,10-11H2,1-2H3. The Morgan fingerprint density at radius 2 is 1.93 bits per heavy atom. The fourth-order valence-electron chi connectivity index (χ4n) is 2.63. The molecule has 28 heavy (non-hydrogen) atoms. The van der Waals surface area contributed by atoms with Crippen LogP contribution in [0, 0.1) is 6.92 Å². The molecule has 144 valence electrons. The third kappa shape index (κ3) is 4.64. The van der Waals surface area contributed by atoms with Gasteiger partial charge in [0.25, 0.3) is 0 Å². The van der Waals surface area contributed by atoms with Gasteiger partial charge in [0, 0.05) is 26.9 Å². The van der Waals surface area contributed by atoms with Crippen molar-refractivity contribution in [3.63, 3.8) is 0 Å². The van der Waals surface area contributed by atoms with E-state index in [2.05, 4.69) is 0 Å². The average molecular weight is 417 g/mol. The minimum absolute atomic E-state index is 0.0165. The maximum Gasteiger partial charge on any atom is 0.339 e. The van der Waals surface area contributed by atoms with Crippen LogP contribution < -0.4 is 5.63 Å². The molecule has 0 aliphatic rings. The third-order valence-corrected chi connectivity index (χ3v) is 5.63. The van der Waals surface area contributed by atoms with Crippen LogP contribution in [0.4, 0.5) is 0 Å². The van der Waals surface area contributed by atoms with Crippen LogP contribution in [0.1, 0.15) is 28.4 Å². The van der Waals surface area contributed by atoms with E-state index in [0.717, 1.165) is 5.56 Å². The summed E-state index contributed by atoms with van der Waals surface area (Å²) in [5.74, 6) is -0.249. The minimum atomic E-state index is -0.536. The molecular formula is C21H17ClO5S. The molecule has 7 heteroatoms. The molecule has 3 rings (SSSR count). The van der Waals surface area contributed by atoms with E-state index in [9.17, 15) is 14.4 Å². The number of carbonyl (C=O) groups is 2. The molecule has 0 N–H and O–H groups in total. The molecule has 0 amide bonds. The van der Waals surface area contributed by atoms with Gasteiger partial charge in [-0.15, -0.1) is 11.8 Å². The van der Waals surface area contributed by atoms with Crippen molar-refractivity contribution in [1.29, 1.82) is 0 Å². The van der Waals surface area contributed by atoms with E-state index in [-0.39, 0.29) is 18.1 Å². The summed E-state index contributed by atoms with van der Waals surface area (Å²) in [5.41, 5.74) is 1.52. The Bertz CT molecular complexity index is 1120. The first kappa shape index (κ1) is 20.2. The van der Waals surface area contributed by atoms with E-state index < -0.39 is 11.6 Å². The van der Waals surface area contributed by atoms with Gasteiger partial charge < -0.3 is 9.15 Å². The van der Waals surface area contributed by atoms with Gasteiger partial charge in [-0.2, -0.15) is 0 Å². The van der Waals surface area contributed by atoms with Crippen LogP contribution in [0.25, 0.3) is 11.0 Å². The number of thioether (sulfide) groups is 1. The highest BCUT2D eigenvalue weighted by atomic mass is 35.5. The Hall–Kier alpha value is -2.57. The Morgan fingerprint density at radius 1 is 1.18 bits per heavy atom. The highest BCUT2D eigenvalue weighted by Crippen LogP contribution is 2.27. The van der Waals surface area contributed by atoms with Crippen molar-refractivity contribution in [1.82, 2.24) is 0 Å². The zero-order chi connectivity index (χ0) is 20.3. The molecule has 0 atom stereocenters. The largest absolute Gasteiger partial charge is 0.457 e. The molecule has 0 spiro atoms. The highest BCUT2D eigenvalue weighted by Gasteiger charge is 2.15. The molecule has 0 fully saturated rings. The van der Waals surface area contributed by atoms with Gasteiger partial charge in [0.15, 0.2) is 0 Å². The molecule has 0 saturated carbocycles. The second-order valence-electron chi connectivity index (χ2n) is 6.25. The maximum atomic E-state index is 12.6. The normalized spacial score (nSPS) is 10.8. The van der Waals surface area contributed by atoms with Crippen molar-refractivity contribution < 1.29 is 18.7 Å². The van der Waals surface area contributed by atoms with E-state index in [1.54, 1.807) is 36.4 Å². The Balaban J connectivity index is 1.85. The summed E-state index contributed by atoms with van der Waals surface area (Å²) in [6.07, 6.45) is 0. The minimum Gasteiger partial charge on any atom is -0.457 e. The van der Waals surface area contributed by atoms with Crippen LogP contribution >= 0.6 is 23.4 Å². The summed E-state index contributed by atoms with van der Waals surface area (Å²) < 4.78 is 10.6. The number of carbonyl (C=O) groups excluding carboxylic acids is 2. The third-order valence-electron chi connectivity index (χ3n) is 4.01. The van der Waals surface area contributed by atoms with Crippen LogP contribution in [0.3, 0.4) is 0 Å². The molecule has 0 unspecified atom stereocenters. The number of benzene rings is 2. The van der Waals surface area contributed by atoms with Crippen molar-refractivity contribution in [2.75, 3.05) is 5.75 Å². The van der Waals surface area contributed by atoms with E-state index in [1.165, 1.54) is 24.8 Å². The SMILES string of the molecule is CC(=O)CSc1ccccc1C(=O)OCc1cc(=O)oc2cc(C)c(Cl)cc12. The first-order valence-corrected chi connectivity index (χ1v) is 9.83. The number of esters is 1. The summed E-state index contributed by atoms with van der Waals surface area (Å²) >= 11 is 7.46. The topological polar surface area (TPSA) is 73.6 Å². The van der Waals surface area contributed by atoms with Crippen molar-refractivity contribution >= 4 is 46.1 Å². The number of hydrogen-bond acceptors (Lipinski definition) is 6. The molecule has 2 aromatic carbocycles. The lowest BCUT2D eigenvalue weighted by Gasteiger charge is -2.10. The number of aryl methyl sites for hydroxylation is 1. The number of ether oxygens (including phenoxy) is 1. The van der Waals surface area contributed by atoms with Crippen LogP contribution in [0.15, 0.2) is 56.6 Å². The molecule has 0 aliphatic carbocycles. The van der Waals surface area contributed by atoms with Crippen LogP contribution in [-0.4, -0.2) is 17.5 Å². The Kier molecular flexibility index (Phi) is 6.21. The van der Waals surface area contributed by atoms with E-state index >= 15 is 0 Å². The van der Waals surface area contributed by atoms with E-state index in [4.69, 9.17) is 20.8 Å². The van der Waals surface area contributed by atoms with Gasteiger partial charge in [0.2, 0.25) is 0 Å². The first-order chi connectivity index (χ1) is 13.3. The zero-order valence-electron chi connectivity index (χ0n) is 15.3. The van der Waals surface area contributed by atoms with E-state index in [1.807, 2.05) is 6.92 Å². The fraction of sp³-hybridized carbons (Fsp3) is 0.190. The summed E-state index contributed by atoms with van der Waals surface area (Å²) in [5, 5.41) is 1.14. The highest BCUT2D eigenvalue weighted by molar-refractivity contribution is 8.00. The molecular weight excluding hydrogens is 400 g/mol. The lowest BCUT2D eigenvalue weighted by Crippen LogP contribution is -2.09. The van der Waals surface area contributed by atoms with Gasteiger partial charge in [-0.3, -0.25) is 4.79 Å². The first-order valence-electron chi connectivity index (χ1n) is 8.46. The summed E-state index contributed by atoms with van der Waals surface area (Å²) in [7, 11) is 0. The molecule has 1 heterocycles. The molecule has 5 nitrogen and oxygen atoms in total.